The lowest BCUT2D eigenvalue weighted by Crippen LogP contribution is -2.54. The predicted octanol–water partition coefficient (Wildman–Crippen LogP) is 1.61. The van der Waals surface area contributed by atoms with E-state index in [0.717, 1.165) is 4.90 Å². The highest BCUT2D eigenvalue weighted by molar-refractivity contribution is 6.39. The number of barbiturate groups is 1. The Morgan fingerprint density at radius 2 is 1.73 bits per heavy atom. The van der Waals surface area contributed by atoms with Gasteiger partial charge in [0.1, 0.15) is 5.57 Å². The normalized spacial score (nSPS) is 14.7. The van der Waals surface area contributed by atoms with E-state index in [1.165, 1.54) is 62.8 Å². The standard InChI is InChI=1S/C22H18N2O9/c1-31-17-10-12(3-8-16(17)33-11-18(25)26)9-15-19(27)23-22(30)24(20(15)28)14-6-4-13(5-7-14)21(29)32-2/h3-10H,11H2,1-2H3,(H,25,26)(H,23,27,30)/b15-9+. The number of ether oxygens (including phenoxy) is 3. The van der Waals surface area contributed by atoms with Gasteiger partial charge in [-0.15, -0.1) is 0 Å². The third-order valence-corrected chi connectivity index (χ3v) is 4.50. The number of carbonyl (C=O) groups is 5. The zero-order valence-corrected chi connectivity index (χ0v) is 17.5. The number of anilines is 1. The number of hydrogen-bond acceptors (Lipinski definition) is 8. The van der Waals surface area contributed by atoms with Crippen LogP contribution in [0.1, 0.15) is 15.9 Å². The third-order valence-electron chi connectivity index (χ3n) is 4.50. The second kappa shape index (κ2) is 9.64. The van der Waals surface area contributed by atoms with Gasteiger partial charge in [-0.25, -0.2) is 19.3 Å². The van der Waals surface area contributed by atoms with E-state index in [2.05, 4.69) is 10.1 Å². The van der Waals surface area contributed by atoms with Gasteiger partial charge in [-0.3, -0.25) is 14.9 Å². The number of nitrogens with one attached hydrogen (secondary N) is 1. The van der Waals surface area contributed by atoms with Crippen LogP contribution in [0.15, 0.2) is 48.0 Å². The van der Waals surface area contributed by atoms with Crippen LogP contribution >= 0.6 is 0 Å². The first-order valence-corrected chi connectivity index (χ1v) is 9.37. The molecular formula is C22H18N2O9. The molecule has 0 saturated carbocycles. The van der Waals surface area contributed by atoms with Crippen molar-refractivity contribution in [2.75, 3.05) is 25.7 Å². The molecule has 0 radical (unpaired) electrons. The molecule has 2 N–H and O–H groups in total. The largest absolute Gasteiger partial charge is 0.493 e. The number of amides is 4. The van der Waals surface area contributed by atoms with Gasteiger partial charge in [0.2, 0.25) is 0 Å². The summed E-state index contributed by atoms with van der Waals surface area (Å²) < 4.78 is 14.9. The Kier molecular flexibility index (Phi) is 6.72. The van der Waals surface area contributed by atoms with Crippen molar-refractivity contribution >= 4 is 41.5 Å². The van der Waals surface area contributed by atoms with E-state index in [-0.39, 0.29) is 28.3 Å². The van der Waals surface area contributed by atoms with E-state index < -0.39 is 36.4 Å². The molecule has 170 valence electrons. The fraction of sp³-hybridized carbons (Fsp3) is 0.136. The first-order valence-electron chi connectivity index (χ1n) is 9.37. The Hall–Kier alpha value is -4.67. The maximum atomic E-state index is 13.0. The number of esters is 1. The monoisotopic (exact) mass is 454 g/mol. The van der Waals surface area contributed by atoms with Crippen molar-refractivity contribution in [1.29, 1.82) is 0 Å². The third kappa shape index (κ3) is 4.98. The van der Waals surface area contributed by atoms with E-state index in [1.54, 1.807) is 0 Å². The second-order valence-corrected chi connectivity index (χ2v) is 6.59. The van der Waals surface area contributed by atoms with Gasteiger partial charge in [0.15, 0.2) is 18.1 Å². The Morgan fingerprint density at radius 1 is 1.03 bits per heavy atom. The van der Waals surface area contributed by atoms with Crippen LogP contribution in [-0.4, -0.2) is 55.7 Å². The summed E-state index contributed by atoms with van der Waals surface area (Å²) in [6.07, 6.45) is 1.25. The van der Waals surface area contributed by atoms with Crippen LogP contribution in [0, 0.1) is 0 Å². The van der Waals surface area contributed by atoms with E-state index >= 15 is 0 Å². The van der Waals surface area contributed by atoms with E-state index in [9.17, 15) is 24.0 Å². The summed E-state index contributed by atoms with van der Waals surface area (Å²) in [5, 5.41) is 10.8. The van der Waals surface area contributed by atoms with Gasteiger partial charge in [-0.1, -0.05) is 6.07 Å². The van der Waals surface area contributed by atoms with Crippen molar-refractivity contribution in [2.24, 2.45) is 0 Å². The summed E-state index contributed by atoms with van der Waals surface area (Å²) in [5.74, 6) is -3.18. The molecule has 0 unspecified atom stereocenters. The number of carbonyl (C=O) groups excluding carboxylic acids is 4. The van der Waals surface area contributed by atoms with Gasteiger partial charge in [0, 0.05) is 0 Å². The molecule has 2 aromatic carbocycles. The lowest BCUT2D eigenvalue weighted by Gasteiger charge is -2.26. The van der Waals surface area contributed by atoms with Crippen LogP contribution in [-0.2, 0) is 19.1 Å². The van der Waals surface area contributed by atoms with Crippen LogP contribution in [0.25, 0.3) is 6.08 Å². The Morgan fingerprint density at radius 3 is 2.33 bits per heavy atom. The van der Waals surface area contributed by atoms with Gasteiger partial charge >= 0.3 is 18.0 Å². The maximum absolute atomic E-state index is 13.0. The van der Waals surface area contributed by atoms with E-state index in [0.29, 0.717) is 5.56 Å². The van der Waals surface area contributed by atoms with E-state index in [4.69, 9.17) is 14.6 Å². The minimum Gasteiger partial charge on any atom is -0.493 e. The molecule has 1 aliphatic heterocycles. The molecule has 0 aliphatic carbocycles. The van der Waals surface area contributed by atoms with Crippen molar-refractivity contribution in [3.63, 3.8) is 0 Å². The minimum atomic E-state index is -1.17. The number of urea groups is 1. The molecule has 0 atom stereocenters. The first-order chi connectivity index (χ1) is 15.7. The van der Waals surface area contributed by atoms with Crippen molar-refractivity contribution in [2.45, 2.75) is 0 Å². The lowest BCUT2D eigenvalue weighted by atomic mass is 10.1. The van der Waals surface area contributed by atoms with Gasteiger partial charge in [-0.2, -0.15) is 0 Å². The molecular weight excluding hydrogens is 436 g/mol. The predicted molar refractivity (Wildman–Crippen MR) is 113 cm³/mol. The second-order valence-electron chi connectivity index (χ2n) is 6.59. The number of imide groups is 2. The number of carboxylic acid groups (broad SMARTS) is 1. The molecule has 33 heavy (non-hydrogen) atoms. The van der Waals surface area contributed by atoms with Crippen LogP contribution < -0.4 is 19.7 Å². The maximum Gasteiger partial charge on any atom is 0.341 e. The summed E-state index contributed by atoms with van der Waals surface area (Å²) in [7, 11) is 2.57. The summed E-state index contributed by atoms with van der Waals surface area (Å²) in [4.78, 5) is 60.7. The van der Waals surface area contributed by atoms with E-state index in [1.807, 2.05) is 0 Å². The summed E-state index contributed by atoms with van der Waals surface area (Å²) in [5.41, 5.74) is 0.394. The summed E-state index contributed by atoms with van der Waals surface area (Å²) in [6.45, 7) is -0.580. The summed E-state index contributed by atoms with van der Waals surface area (Å²) in [6, 6.07) is 8.90. The summed E-state index contributed by atoms with van der Waals surface area (Å²) >= 11 is 0. The minimum absolute atomic E-state index is 0.138. The Labute approximate surface area is 187 Å². The smallest absolute Gasteiger partial charge is 0.341 e. The van der Waals surface area contributed by atoms with Crippen molar-refractivity contribution < 1.29 is 43.3 Å². The van der Waals surface area contributed by atoms with Gasteiger partial charge in [0.25, 0.3) is 11.8 Å². The Bertz CT molecular complexity index is 1170. The Balaban J connectivity index is 1.92. The molecule has 0 spiro atoms. The first kappa shape index (κ1) is 23.0. The number of carboxylic acids is 1. The molecule has 1 fully saturated rings. The average molecular weight is 454 g/mol. The fourth-order valence-electron chi connectivity index (χ4n) is 2.96. The molecule has 1 heterocycles. The molecule has 11 nitrogen and oxygen atoms in total. The lowest BCUT2D eigenvalue weighted by molar-refractivity contribution is -0.139. The van der Waals surface area contributed by atoms with Crippen LogP contribution in [0.4, 0.5) is 10.5 Å². The van der Waals surface area contributed by atoms with Gasteiger partial charge in [-0.05, 0) is 48.0 Å². The van der Waals surface area contributed by atoms with Crippen molar-refractivity contribution in [3.8, 4) is 11.5 Å². The fourth-order valence-corrected chi connectivity index (χ4v) is 2.96. The molecule has 11 heteroatoms. The number of hydrogen-bond donors (Lipinski definition) is 2. The molecule has 4 amide bonds. The molecule has 1 aliphatic rings. The number of methoxy groups -OCH3 is 2. The number of nitrogens with zero attached hydrogens (tertiary/aromatic N) is 1. The van der Waals surface area contributed by atoms with Crippen LogP contribution in [0.2, 0.25) is 0 Å². The number of benzene rings is 2. The highest BCUT2D eigenvalue weighted by atomic mass is 16.5. The average Bonchev–Trinajstić information content (AvgIpc) is 2.80. The number of aliphatic carboxylic acids is 1. The quantitative estimate of drug-likeness (QED) is 0.361. The SMILES string of the molecule is COC(=O)c1ccc(N2C(=O)NC(=O)/C(=C\c3ccc(OCC(=O)O)c(OC)c3)C2=O)cc1. The molecule has 3 rings (SSSR count). The van der Waals surface area contributed by atoms with Crippen LogP contribution in [0.5, 0.6) is 11.5 Å². The van der Waals surface area contributed by atoms with Crippen LogP contribution in [0.3, 0.4) is 0 Å². The molecule has 2 aromatic rings. The number of rotatable bonds is 7. The molecule has 0 aromatic heterocycles. The zero-order chi connectivity index (χ0) is 24.1. The highest BCUT2D eigenvalue weighted by Crippen LogP contribution is 2.30. The molecule has 1 saturated heterocycles. The van der Waals surface area contributed by atoms with Gasteiger partial charge < -0.3 is 19.3 Å². The van der Waals surface area contributed by atoms with Crippen molar-refractivity contribution in [1.82, 2.24) is 5.32 Å². The molecule has 0 bridgehead atoms. The van der Waals surface area contributed by atoms with Crippen molar-refractivity contribution in [3.05, 3.63) is 59.2 Å². The van der Waals surface area contributed by atoms with Gasteiger partial charge in [0.05, 0.1) is 25.5 Å². The highest BCUT2D eigenvalue weighted by Gasteiger charge is 2.36. The topological polar surface area (TPSA) is 149 Å². The zero-order valence-electron chi connectivity index (χ0n) is 17.5.